The number of nitrogens with zero attached hydrogens (tertiary/aromatic N) is 3. The van der Waals surface area contributed by atoms with Crippen molar-refractivity contribution >= 4 is 17.5 Å². The number of hydrogen-bond donors (Lipinski definition) is 2. The Morgan fingerprint density at radius 3 is 2.68 bits per heavy atom. The first-order valence-electron chi connectivity index (χ1n) is 5.94. The molecule has 0 aliphatic rings. The van der Waals surface area contributed by atoms with Gasteiger partial charge in [0.15, 0.2) is 0 Å². The topological polar surface area (TPSA) is 102 Å². The lowest BCUT2D eigenvalue weighted by atomic mass is 10.1. The fraction of sp³-hybridized carbons (Fsp3) is 0.636. The summed E-state index contributed by atoms with van der Waals surface area (Å²) >= 11 is 0. The largest absolute Gasteiger partial charge is 0.377 e. The van der Waals surface area contributed by atoms with E-state index >= 15 is 0 Å². The average Bonchev–Trinajstić information content (AvgIpc) is 2.37. The summed E-state index contributed by atoms with van der Waals surface area (Å²) in [5.41, 5.74) is -0.606. The van der Waals surface area contributed by atoms with E-state index in [2.05, 4.69) is 20.6 Å². The number of nitrogens with one attached hydrogen (secondary N) is 2. The van der Waals surface area contributed by atoms with Crippen molar-refractivity contribution in [3.63, 3.8) is 0 Å². The normalized spacial score (nSPS) is 11.2. The molecule has 0 aliphatic heterocycles. The zero-order valence-corrected chi connectivity index (χ0v) is 11.6. The summed E-state index contributed by atoms with van der Waals surface area (Å²) in [7, 11) is 1.58. The van der Waals surface area contributed by atoms with E-state index in [1.54, 1.807) is 7.11 Å². The van der Waals surface area contributed by atoms with E-state index in [0.29, 0.717) is 19.0 Å². The van der Waals surface area contributed by atoms with Crippen molar-refractivity contribution in [3.8, 4) is 0 Å². The van der Waals surface area contributed by atoms with Gasteiger partial charge in [0, 0.05) is 20.2 Å². The molecule has 1 rings (SSSR count). The molecule has 106 valence electrons. The standard InChI is InChI=1S/C11H19N5O3/c1-5-12-10-13-6-8(16(17)18)9(15-10)14-7-11(2,3)19-4/h6H,5,7H2,1-4H3,(H2,12,13,14,15). The molecular weight excluding hydrogens is 250 g/mol. The maximum Gasteiger partial charge on any atom is 0.329 e. The van der Waals surface area contributed by atoms with E-state index in [4.69, 9.17) is 4.74 Å². The second kappa shape index (κ2) is 6.28. The van der Waals surface area contributed by atoms with Crippen LogP contribution in [0.4, 0.5) is 17.5 Å². The van der Waals surface area contributed by atoms with Crippen LogP contribution in [0.1, 0.15) is 20.8 Å². The van der Waals surface area contributed by atoms with Crippen LogP contribution in [0, 0.1) is 10.1 Å². The number of nitro groups is 1. The van der Waals surface area contributed by atoms with Crippen LogP contribution in [-0.2, 0) is 4.74 Å². The maximum atomic E-state index is 10.9. The van der Waals surface area contributed by atoms with Crippen molar-refractivity contribution in [2.24, 2.45) is 0 Å². The first kappa shape index (κ1) is 15.1. The van der Waals surface area contributed by atoms with Gasteiger partial charge in [-0.1, -0.05) is 0 Å². The highest BCUT2D eigenvalue weighted by Gasteiger charge is 2.21. The minimum Gasteiger partial charge on any atom is -0.377 e. The van der Waals surface area contributed by atoms with Crippen molar-refractivity contribution < 1.29 is 9.66 Å². The molecule has 0 saturated heterocycles. The fourth-order valence-electron chi connectivity index (χ4n) is 1.25. The van der Waals surface area contributed by atoms with Gasteiger partial charge < -0.3 is 15.4 Å². The van der Waals surface area contributed by atoms with Crippen molar-refractivity contribution in [1.29, 1.82) is 0 Å². The van der Waals surface area contributed by atoms with Gasteiger partial charge in [-0.05, 0) is 20.8 Å². The van der Waals surface area contributed by atoms with Crippen molar-refractivity contribution in [2.45, 2.75) is 26.4 Å². The third kappa shape index (κ3) is 4.32. The molecule has 0 atom stereocenters. The Balaban J connectivity index is 2.94. The summed E-state index contributed by atoms with van der Waals surface area (Å²) in [6.07, 6.45) is 1.19. The lowest BCUT2D eigenvalue weighted by Crippen LogP contribution is -2.32. The molecule has 0 bridgehead atoms. The van der Waals surface area contributed by atoms with E-state index in [-0.39, 0.29) is 11.5 Å². The molecule has 0 amide bonds. The molecule has 2 N–H and O–H groups in total. The number of aromatic nitrogens is 2. The summed E-state index contributed by atoms with van der Waals surface area (Å²) in [5, 5.41) is 16.8. The molecule has 1 aromatic heterocycles. The summed E-state index contributed by atoms with van der Waals surface area (Å²) in [4.78, 5) is 18.4. The van der Waals surface area contributed by atoms with Gasteiger partial charge in [-0.2, -0.15) is 4.98 Å². The molecule has 8 heteroatoms. The van der Waals surface area contributed by atoms with E-state index in [1.165, 1.54) is 6.20 Å². The molecule has 0 unspecified atom stereocenters. The Bertz CT molecular complexity index is 450. The molecule has 0 radical (unpaired) electrons. The Morgan fingerprint density at radius 2 is 2.16 bits per heavy atom. The first-order chi connectivity index (χ1) is 8.89. The summed E-state index contributed by atoms with van der Waals surface area (Å²) < 4.78 is 5.25. The van der Waals surface area contributed by atoms with Crippen LogP contribution in [0.2, 0.25) is 0 Å². The third-order valence-corrected chi connectivity index (χ3v) is 2.54. The molecule has 8 nitrogen and oxygen atoms in total. The number of ether oxygens (including phenoxy) is 1. The highest BCUT2D eigenvalue weighted by Crippen LogP contribution is 2.22. The third-order valence-electron chi connectivity index (χ3n) is 2.54. The van der Waals surface area contributed by atoms with E-state index in [9.17, 15) is 10.1 Å². The highest BCUT2D eigenvalue weighted by molar-refractivity contribution is 5.57. The minimum absolute atomic E-state index is 0.159. The van der Waals surface area contributed by atoms with Crippen LogP contribution in [0.15, 0.2) is 6.20 Å². The van der Waals surface area contributed by atoms with Crippen LogP contribution in [0.25, 0.3) is 0 Å². The Hall–Kier alpha value is -1.96. The van der Waals surface area contributed by atoms with Crippen molar-refractivity contribution in [1.82, 2.24) is 9.97 Å². The van der Waals surface area contributed by atoms with Gasteiger partial charge in [-0.3, -0.25) is 10.1 Å². The van der Waals surface area contributed by atoms with Gasteiger partial charge in [0.05, 0.1) is 10.5 Å². The van der Waals surface area contributed by atoms with Crippen LogP contribution < -0.4 is 10.6 Å². The monoisotopic (exact) mass is 269 g/mol. The molecule has 0 spiro atoms. The zero-order chi connectivity index (χ0) is 14.5. The molecule has 0 aromatic carbocycles. The van der Waals surface area contributed by atoms with Gasteiger partial charge in [0.1, 0.15) is 6.20 Å². The zero-order valence-electron chi connectivity index (χ0n) is 11.6. The van der Waals surface area contributed by atoms with E-state index < -0.39 is 10.5 Å². The number of anilines is 2. The molecular formula is C11H19N5O3. The quantitative estimate of drug-likeness (QED) is 0.573. The predicted octanol–water partition coefficient (Wildman–Crippen LogP) is 1.65. The SMILES string of the molecule is CCNc1ncc([N+](=O)[O-])c(NCC(C)(C)OC)n1. The lowest BCUT2D eigenvalue weighted by molar-refractivity contribution is -0.384. The van der Waals surface area contributed by atoms with E-state index in [0.717, 1.165) is 0 Å². The molecule has 19 heavy (non-hydrogen) atoms. The van der Waals surface area contributed by atoms with Crippen molar-refractivity contribution in [3.05, 3.63) is 16.3 Å². The predicted molar refractivity (Wildman–Crippen MR) is 72.4 cm³/mol. The Morgan fingerprint density at radius 1 is 1.47 bits per heavy atom. The van der Waals surface area contributed by atoms with Crippen LogP contribution >= 0.6 is 0 Å². The van der Waals surface area contributed by atoms with Gasteiger partial charge in [-0.25, -0.2) is 4.98 Å². The summed E-state index contributed by atoms with van der Waals surface area (Å²) in [5.74, 6) is 0.534. The van der Waals surface area contributed by atoms with Gasteiger partial charge in [0.2, 0.25) is 11.8 Å². The smallest absolute Gasteiger partial charge is 0.329 e. The van der Waals surface area contributed by atoms with Gasteiger partial charge >= 0.3 is 5.69 Å². The summed E-state index contributed by atoms with van der Waals surface area (Å²) in [6.45, 7) is 6.68. The molecule has 1 heterocycles. The first-order valence-corrected chi connectivity index (χ1v) is 5.94. The molecule has 0 saturated carbocycles. The number of hydrogen-bond acceptors (Lipinski definition) is 7. The number of rotatable bonds is 7. The van der Waals surface area contributed by atoms with Crippen LogP contribution in [0.5, 0.6) is 0 Å². The van der Waals surface area contributed by atoms with Crippen LogP contribution in [-0.4, -0.2) is 40.7 Å². The van der Waals surface area contributed by atoms with Crippen molar-refractivity contribution in [2.75, 3.05) is 30.8 Å². The highest BCUT2D eigenvalue weighted by atomic mass is 16.6. The lowest BCUT2D eigenvalue weighted by Gasteiger charge is -2.23. The second-order valence-corrected chi connectivity index (χ2v) is 4.53. The fourth-order valence-corrected chi connectivity index (χ4v) is 1.25. The molecule has 0 aliphatic carbocycles. The molecule has 0 fully saturated rings. The summed E-state index contributed by atoms with van der Waals surface area (Å²) in [6, 6.07) is 0. The Labute approximate surface area is 111 Å². The van der Waals surface area contributed by atoms with Crippen LogP contribution in [0.3, 0.4) is 0 Å². The molecule has 1 aromatic rings. The van der Waals surface area contributed by atoms with Gasteiger partial charge in [0.25, 0.3) is 0 Å². The minimum atomic E-state index is -0.516. The second-order valence-electron chi connectivity index (χ2n) is 4.53. The Kier molecular flexibility index (Phi) is 4.99. The van der Waals surface area contributed by atoms with Gasteiger partial charge in [-0.15, -0.1) is 0 Å². The maximum absolute atomic E-state index is 10.9. The van der Waals surface area contributed by atoms with E-state index in [1.807, 2.05) is 20.8 Å². The average molecular weight is 269 g/mol. The number of methoxy groups -OCH3 is 1.